The zero-order chi connectivity index (χ0) is 30.3. The van der Waals surface area contributed by atoms with Crippen LogP contribution in [0.1, 0.15) is 37.8 Å². The first-order valence-electron chi connectivity index (χ1n) is 11.9. The van der Waals surface area contributed by atoms with Gasteiger partial charge in [-0.05, 0) is 62.6 Å². The second-order valence-corrected chi connectivity index (χ2v) is 11.8. The van der Waals surface area contributed by atoms with E-state index in [2.05, 4.69) is 5.32 Å². The fourth-order valence-corrected chi connectivity index (χ4v) is 5.97. The zero-order valence-corrected chi connectivity index (χ0v) is 22.3. The molecule has 0 aliphatic carbocycles. The Kier molecular flexibility index (Phi) is 8.55. The van der Waals surface area contributed by atoms with E-state index >= 15 is 0 Å². The van der Waals surface area contributed by atoms with Gasteiger partial charge in [-0.15, -0.1) is 0 Å². The van der Waals surface area contributed by atoms with Crippen molar-refractivity contribution in [1.29, 1.82) is 0 Å². The van der Waals surface area contributed by atoms with Gasteiger partial charge in [-0.3, -0.25) is 9.10 Å². The van der Waals surface area contributed by atoms with E-state index in [4.69, 9.17) is 4.74 Å². The van der Waals surface area contributed by atoms with Gasteiger partial charge in [-0.25, -0.2) is 12.8 Å². The highest BCUT2D eigenvalue weighted by Crippen LogP contribution is 2.51. The van der Waals surface area contributed by atoms with Crippen LogP contribution >= 0.6 is 0 Å². The first-order valence-corrected chi connectivity index (χ1v) is 13.3. The van der Waals surface area contributed by atoms with Gasteiger partial charge in [0.2, 0.25) is 5.91 Å². The van der Waals surface area contributed by atoms with Gasteiger partial charge in [0.05, 0.1) is 22.2 Å². The van der Waals surface area contributed by atoms with Crippen LogP contribution in [0.2, 0.25) is 0 Å². The number of alkyl halides is 6. The lowest BCUT2D eigenvalue weighted by molar-refractivity contribution is -0.376. The molecule has 40 heavy (non-hydrogen) atoms. The number of nitrogens with zero attached hydrogens (tertiary/aromatic N) is 1. The molecule has 3 rings (SSSR count). The van der Waals surface area contributed by atoms with Crippen LogP contribution in [0.25, 0.3) is 0 Å². The molecular formula is C25H27F7N2O5S. The molecule has 2 N–H and O–H groups in total. The molecule has 0 fully saturated rings. The van der Waals surface area contributed by atoms with Crippen LogP contribution in [-0.2, 0) is 31.6 Å². The van der Waals surface area contributed by atoms with Crippen molar-refractivity contribution < 1.29 is 53.8 Å². The second-order valence-electron chi connectivity index (χ2n) is 9.94. The van der Waals surface area contributed by atoms with Crippen molar-refractivity contribution in [3.05, 3.63) is 59.4 Å². The SMILES string of the molecule is COC(C)(C)CNC(=O)C[C@@H]1CCc2cc(C(O)(C(F)(F)F)C(F)(F)F)ccc2N1S(=O)(=O)c1ccc(F)cc1. The molecule has 1 amide bonds. The normalized spacial score (nSPS) is 17.0. The summed E-state index contributed by atoms with van der Waals surface area (Å²) in [5.74, 6) is -1.34. The summed E-state index contributed by atoms with van der Waals surface area (Å²) in [6.45, 7) is 3.44. The van der Waals surface area contributed by atoms with E-state index in [-0.39, 0.29) is 30.6 Å². The summed E-state index contributed by atoms with van der Waals surface area (Å²) in [6.07, 6.45) is -13.0. The average Bonchev–Trinajstić information content (AvgIpc) is 2.85. The summed E-state index contributed by atoms with van der Waals surface area (Å²) in [6, 6.07) is 4.05. The van der Waals surface area contributed by atoms with Gasteiger partial charge >= 0.3 is 12.4 Å². The summed E-state index contributed by atoms with van der Waals surface area (Å²) in [7, 11) is -3.16. The number of fused-ring (bicyclic) bond motifs is 1. The van der Waals surface area contributed by atoms with Gasteiger partial charge in [0.15, 0.2) is 0 Å². The second kappa shape index (κ2) is 10.8. The molecule has 0 aromatic heterocycles. The molecular weight excluding hydrogens is 573 g/mol. The van der Waals surface area contributed by atoms with Crippen LogP contribution in [0.4, 0.5) is 36.4 Å². The Morgan fingerprint density at radius 3 is 2.15 bits per heavy atom. The molecule has 0 saturated carbocycles. The summed E-state index contributed by atoms with van der Waals surface area (Å²) in [4.78, 5) is 12.3. The number of carbonyl (C=O) groups is 1. The molecule has 0 bridgehead atoms. The highest BCUT2D eigenvalue weighted by Gasteiger charge is 2.71. The minimum Gasteiger partial charge on any atom is -0.377 e. The molecule has 0 saturated heterocycles. The van der Waals surface area contributed by atoms with Crippen molar-refractivity contribution in [3.63, 3.8) is 0 Å². The van der Waals surface area contributed by atoms with Gasteiger partial charge in [0, 0.05) is 25.6 Å². The van der Waals surface area contributed by atoms with Crippen molar-refractivity contribution in [1.82, 2.24) is 5.32 Å². The van der Waals surface area contributed by atoms with Crippen molar-refractivity contribution >= 4 is 21.6 Å². The molecule has 1 aliphatic rings. The Labute approximate surface area is 226 Å². The van der Waals surface area contributed by atoms with Crippen LogP contribution in [0.3, 0.4) is 0 Å². The van der Waals surface area contributed by atoms with E-state index in [9.17, 15) is 49.1 Å². The van der Waals surface area contributed by atoms with Crippen molar-refractivity contribution in [2.75, 3.05) is 18.0 Å². The van der Waals surface area contributed by atoms with E-state index in [1.54, 1.807) is 13.8 Å². The molecule has 0 spiro atoms. The number of sulfonamides is 1. The van der Waals surface area contributed by atoms with Gasteiger partial charge in [0.1, 0.15) is 5.82 Å². The Balaban J connectivity index is 2.10. The zero-order valence-electron chi connectivity index (χ0n) is 21.5. The van der Waals surface area contributed by atoms with E-state index in [0.29, 0.717) is 12.1 Å². The van der Waals surface area contributed by atoms with Crippen molar-refractivity contribution in [3.8, 4) is 0 Å². The maximum absolute atomic E-state index is 13.7. The fourth-order valence-electron chi connectivity index (χ4n) is 4.25. The van der Waals surface area contributed by atoms with E-state index in [0.717, 1.165) is 34.6 Å². The number of anilines is 1. The number of halogens is 7. The number of rotatable bonds is 8. The van der Waals surface area contributed by atoms with Crippen LogP contribution in [0.15, 0.2) is 47.4 Å². The molecule has 0 unspecified atom stereocenters. The molecule has 1 atom stereocenters. The number of benzene rings is 2. The monoisotopic (exact) mass is 600 g/mol. The quantitative estimate of drug-likeness (QED) is 0.433. The lowest BCUT2D eigenvalue weighted by atomic mass is 9.87. The first kappa shape index (κ1) is 31.6. The van der Waals surface area contributed by atoms with Gasteiger partial charge in [-0.1, -0.05) is 12.1 Å². The van der Waals surface area contributed by atoms with E-state index in [1.807, 2.05) is 0 Å². The molecule has 1 aliphatic heterocycles. The predicted octanol–water partition coefficient (Wildman–Crippen LogP) is 4.58. The highest BCUT2D eigenvalue weighted by molar-refractivity contribution is 7.92. The average molecular weight is 601 g/mol. The molecule has 7 nitrogen and oxygen atoms in total. The van der Waals surface area contributed by atoms with Crippen LogP contribution in [0, 0.1) is 5.82 Å². The number of carbonyl (C=O) groups excluding carboxylic acids is 1. The minimum atomic E-state index is -6.13. The number of nitrogens with one attached hydrogen (secondary N) is 1. The number of amides is 1. The minimum absolute atomic E-state index is 0.0627. The third-order valence-corrected chi connectivity index (χ3v) is 8.57. The summed E-state index contributed by atoms with van der Waals surface area (Å²) >= 11 is 0. The number of aliphatic hydroxyl groups is 1. The lowest BCUT2D eigenvalue weighted by Crippen LogP contribution is -2.54. The topological polar surface area (TPSA) is 95.9 Å². The van der Waals surface area contributed by atoms with Gasteiger partial charge in [-0.2, -0.15) is 26.3 Å². The van der Waals surface area contributed by atoms with Crippen molar-refractivity contribution in [2.24, 2.45) is 0 Å². The molecule has 15 heteroatoms. The fraction of sp³-hybridized carbons (Fsp3) is 0.480. The van der Waals surface area contributed by atoms with Crippen LogP contribution < -0.4 is 9.62 Å². The first-order chi connectivity index (χ1) is 18.2. The molecule has 2 aromatic carbocycles. The maximum atomic E-state index is 13.7. The molecule has 2 aromatic rings. The smallest absolute Gasteiger partial charge is 0.377 e. The lowest BCUT2D eigenvalue weighted by Gasteiger charge is -2.39. The van der Waals surface area contributed by atoms with Crippen LogP contribution in [0.5, 0.6) is 0 Å². The standard InChI is InChI=1S/C25H27F7N2O5S/c1-22(2,39-3)14-33-21(35)13-18-8-4-15-12-16(23(36,24(27,28)29)25(30,31)32)5-11-20(15)34(18)40(37,38)19-9-6-17(26)7-10-19/h5-7,9-12,18,36H,4,8,13-14H2,1-3H3,(H,33,35)/t18-/m0/s1. The summed E-state index contributed by atoms with van der Waals surface area (Å²) < 4.78 is 128. The van der Waals surface area contributed by atoms with Crippen molar-refractivity contribution in [2.45, 2.75) is 67.6 Å². The highest BCUT2D eigenvalue weighted by atomic mass is 32.2. The van der Waals surface area contributed by atoms with Gasteiger partial charge in [0.25, 0.3) is 15.6 Å². The van der Waals surface area contributed by atoms with E-state index in [1.165, 1.54) is 7.11 Å². The Bertz CT molecular complexity index is 1330. The number of methoxy groups -OCH3 is 1. The number of hydrogen-bond acceptors (Lipinski definition) is 5. The largest absolute Gasteiger partial charge is 0.430 e. The summed E-state index contributed by atoms with van der Waals surface area (Å²) in [5, 5.41) is 12.4. The molecule has 222 valence electrons. The number of ether oxygens (including phenoxy) is 1. The number of hydrogen-bond donors (Lipinski definition) is 2. The molecule has 1 heterocycles. The van der Waals surface area contributed by atoms with E-state index < -0.39 is 68.2 Å². The Morgan fingerprint density at radius 1 is 1.05 bits per heavy atom. The third-order valence-electron chi connectivity index (χ3n) is 6.69. The van der Waals surface area contributed by atoms with Gasteiger partial charge < -0.3 is 15.2 Å². The molecule has 0 radical (unpaired) electrons. The predicted molar refractivity (Wildman–Crippen MR) is 129 cm³/mol. The summed E-state index contributed by atoms with van der Waals surface area (Å²) in [5.41, 5.74) is -8.00. The third kappa shape index (κ3) is 6.05. The number of aryl methyl sites for hydroxylation is 1. The maximum Gasteiger partial charge on any atom is 0.430 e. The Hall–Kier alpha value is -2.91. The Morgan fingerprint density at radius 2 is 1.62 bits per heavy atom. The van der Waals surface area contributed by atoms with Crippen LogP contribution in [-0.4, -0.2) is 57.1 Å².